The summed E-state index contributed by atoms with van der Waals surface area (Å²) in [5, 5.41) is 3.66. The second-order valence-corrected chi connectivity index (χ2v) is 6.45. The predicted molar refractivity (Wildman–Crippen MR) is 80.0 cm³/mol. The third-order valence-corrected chi connectivity index (χ3v) is 4.50. The largest absolute Gasteiger partial charge is 0.378 e. The second kappa shape index (κ2) is 5.68. The Hall–Kier alpha value is -1.16. The van der Waals surface area contributed by atoms with E-state index >= 15 is 0 Å². The first-order valence-corrected chi connectivity index (χ1v) is 7.87. The number of ether oxygens (including phenoxy) is 1. The lowest BCUT2D eigenvalue weighted by atomic mass is 9.82. The van der Waals surface area contributed by atoms with Crippen LogP contribution in [0.4, 0.5) is 5.82 Å². The molecule has 1 aromatic heterocycles. The standard InChI is InChI=1S/C16H25N3O/c1-10(2)16-17-11(3)9-15(19-16)18-13-5-4-6-14-12(13)7-8-20-14/h9-10,12-14H,4-8H2,1-3H3,(H,17,18,19). The number of hydrogen-bond acceptors (Lipinski definition) is 4. The van der Waals surface area contributed by atoms with Crippen molar-refractivity contribution >= 4 is 5.82 Å². The van der Waals surface area contributed by atoms with Gasteiger partial charge in [-0.05, 0) is 32.6 Å². The molecule has 3 atom stereocenters. The summed E-state index contributed by atoms with van der Waals surface area (Å²) in [4.78, 5) is 9.20. The smallest absolute Gasteiger partial charge is 0.133 e. The Labute approximate surface area is 121 Å². The number of nitrogens with one attached hydrogen (secondary N) is 1. The molecule has 2 aliphatic rings. The zero-order valence-corrected chi connectivity index (χ0v) is 12.7. The summed E-state index contributed by atoms with van der Waals surface area (Å²) in [6.07, 6.45) is 5.35. The Kier molecular flexibility index (Phi) is 3.92. The summed E-state index contributed by atoms with van der Waals surface area (Å²) >= 11 is 0. The van der Waals surface area contributed by atoms with Crippen LogP contribution in [0.2, 0.25) is 0 Å². The molecule has 0 bridgehead atoms. The lowest BCUT2D eigenvalue weighted by molar-refractivity contribution is 0.0619. The molecular formula is C16H25N3O. The molecule has 0 spiro atoms. The first-order valence-electron chi connectivity index (χ1n) is 7.87. The molecule has 0 radical (unpaired) electrons. The van der Waals surface area contributed by atoms with E-state index in [9.17, 15) is 0 Å². The summed E-state index contributed by atoms with van der Waals surface area (Å²) in [6, 6.07) is 2.57. The van der Waals surface area contributed by atoms with Crippen molar-refractivity contribution in [2.45, 2.75) is 64.5 Å². The van der Waals surface area contributed by atoms with Crippen molar-refractivity contribution in [3.63, 3.8) is 0 Å². The maximum atomic E-state index is 5.84. The van der Waals surface area contributed by atoms with Gasteiger partial charge in [0, 0.05) is 36.2 Å². The van der Waals surface area contributed by atoms with Crippen molar-refractivity contribution in [1.29, 1.82) is 0 Å². The monoisotopic (exact) mass is 275 g/mol. The van der Waals surface area contributed by atoms with Gasteiger partial charge in [-0.1, -0.05) is 13.8 Å². The Balaban J connectivity index is 1.76. The number of hydrogen-bond donors (Lipinski definition) is 1. The van der Waals surface area contributed by atoms with Gasteiger partial charge in [0.15, 0.2) is 0 Å². The minimum atomic E-state index is 0.365. The third-order valence-electron chi connectivity index (χ3n) is 4.50. The van der Waals surface area contributed by atoms with E-state index in [1.165, 1.54) is 25.7 Å². The number of aryl methyl sites for hydroxylation is 1. The normalized spacial score (nSPS) is 29.5. The first kappa shape index (κ1) is 13.8. The van der Waals surface area contributed by atoms with E-state index in [1.54, 1.807) is 0 Å². The molecule has 1 aromatic rings. The van der Waals surface area contributed by atoms with Gasteiger partial charge in [0.05, 0.1) is 6.10 Å². The van der Waals surface area contributed by atoms with Crippen LogP contribution in [0.3, 0.4) is 0 Å². The molecule has 2 fully saturated rings. The number of aromatic nitrogens is 2. The van der Waals surface area contributed by atoms with E-state index in [0.29, 0.717) is 24.0 Å². The van der Waals surface area contributed by atoms with Crippen LogP contribution < -0.4 is 5.32 Å². The van der Waals surface area contributed by atoms with Gasteiger partial charge in [0.1, 0.15) is 11.6 Å². The van der Waals surface area contributed by atoms with Crippen molar-refractivity contribution in [2.24, 2.45) is 5.92 Å². The van der Waals surface area contributed by atoms with Crippen molar-refractivity contribution in [3.05, 3.63) is 17.6 Å². The molecule has 0 amide bonds. The van der Waals surface area contributed by atoms with Gasteiger partial charge >= 0.3 is 0 Å². The van der Waals surface area contributed by atoms with E-state index in [1.807, 2.05) is 6.92 Å². The summed E-state index contributed by atoms with van der Waals surface area (Å²) in [7, 11) is 0. The molecule has 1 N–H and O–H groups in total. The fourth-order valence-electron chi connectivity index (χ4n) is 3.47. The molecule has 3 rings (SSSR count). The van der Waals surface area contributed by atoms with E-state index in [0.717, 1.165) is 23.9 Å². The van der Waals surface area contributed by atoms with Crippen LogP contribution in [-0.4, -0.2) is 28.7 Å². The van der Waals surface area contributed by atoms with Gasteiger partial charge in [0.2, 0.25) is 0 Å². The molecule has 3 unspecified atom stereocenters. The summed E-state index contributed by atoms with van der Waals surface area (Å²) in [5.74, 6) is 2.94. The lowest BCUT2D eigenvalue weighted by Gasteiger charge is -2.33. The Morgan fingerprint density at radius 2 is 2.10 bits per heavy atom. The van der Waals surface area contributed by atoms with Gasteiger partial charge in [-0.15, -0.1) is 0 Å². The number of nitrogens with zero attached hydrogens (tertiary/aromatic N) is 2. The van der Waals surface area contributed by atoms with Crippen molar-refractivity contribution in [1.82, 2.24) is 9.97 Å². The number of rotatable bonds is 3. The van der Waals surface area contributed by atoms with Crippen LogP contribution in [-0.2, 0) is 4.74 Å². The number of anilines is 1. The third kappa shape index (κ3) is 2.80. The maximum absolute atomic E-state index is 5.84. The van der Waals surface area contributed by atoms with Crippen LogP contribution >= 0.6 is 0 Å². The molecule has 2 heterocycles. The molecular weight excluding hydrogens is 250 g/mol. The predicted octanol–water partition coefficient (Wildman–Crippen LogP) is 3.28. The molecule has 1 aliphatic heterocycles. The van der Waals surface area contributed by atoms with Gasteiger partial charge < -0.3 is 10.1 Å². The molecule has 1 saturated carbocycles. The molecule has 20 heavy (non-hydrogen) atoms. The maximum Gasteiger partial charge on any atom is 0.133 e. The fraction of sp³-hybridized carbons (Fsp3) is 0.750. The van der Waals surface area contributed by atoms with Gasteiger partial charge in [-0.3, -0.25) is 0 Å². The average Bonchev–Trinajstić information content (AvgIpc) is 2.87. The van der Waals surface area contributed by atoms with Crippen molar-refractivity contribution in [3.8, 4) is 0 Å². The molecule has 110 valence electrons. The van der Waals surface area contributed by atoms with Crippen LogP contribution in [0, 0.1) is 12.8 Å². The van der Waals surface area contributed by atoms with Gasteiger partial charge in [-0.25, -0.2) is 9.97 Å². The highest BCUT2D eigenvalue weighted by Crippen LogP contribution is 2.35. The topological polar surface area (TPSA) is 47.0 Å². The SMILES string of the molecule is Cc1cc(NC2CCCC3OCCC23)nc(C(C)C)n1. The van der Waals surface area contributed by atoms with Crippen LogP contribution in [0.25, 0.3) is 0 Å². The first-order chi connectivity index (χ1) is 9.63. The Bertz CT molecular complexity index is 475. The van der Waals surface area contributed by atoms with Crippen LogP contribution in [0.15, 0.2) is 6.07 Å². The van der Waals surface area contributed by atoms with Crippen molar-refractivity contribution < 1.29 is 4.74 Å². The zero-order chi connectivity index (χ0) is 14.1. The summed E-state index contributed by atoms with van der Waals surface area (Å²) in [5.41, 5.74) is 1.04. The minimum absolute atomic E-state index is 0.365. The van der Waals surface area contributed by atoms with Crippen LogP contribution in [0.5, 0.6) is 0 Å². The van der Waals surface area contributed by atoms with E-state index in [-0.39, 0.29) is 0 Å². The average molecular weight is 275 g/mol. The molecule has 1 aliphatic carbocycles. The fourth-order valence-corrected chi connectivity index (χ4v) is 3.47. The molecule has 4 nitrogen and oxygen atoms in total. The van der Waals surface area contributed by atoms with E-state index in [4.69, 9.17) is 4.74 Å². The highest BCUT2D eigenvalue weighted by Gasteiger charge is 2.37. The zero-order valence-electron chi connectivity index (χ0n) is 12.7. The van der Waals surface area contributed by atoms with Gasteiger partial charge in [0.25, 0.3) is 0 Å². The molecule has 0 aromatic carbocycles. The lowest BCUT2D eigenvalue weighted by Crippen LogP contribution is -2.38. The summed E-state index contributed by atoms with van der Waals surface area (Å²) in [6.45, 7) is 7.24. The summed E-state index contributed by atoms with van der Waals surface area (Å²) < 4.78 is 5.84. The van der Waals surface area contributed by atoms with E-state index < -0.39 is 0 Å². The quantitative estimate of drug-likeness (QED) is 0.919. The number of fused-ring (bicyclic) bond motifs is 1. The molecule has 4 heteroatoms. The van der Waals surface area contributed by atoms with Crippen LogP contribution in [0.1, 0.15) is 57.0 Å². The Morgan fingerprint density at radius 3 is 2.90 bits per heavy atom. The second-order valence-electron chi connectivity index (χ2n) is 6.45. The van der Waals surface area contributed by atoms with Crippen molar-refractivity contribution in [2.75, 3.05) is 11.9 Å². The highest BCUT2D eigenvalue weighted by molar-refractivity contribution is 5.38. The Morgan fingerprint density at radius 1 is 1.25 bits per heavy atom. The molecule has 1 saturated heterocycles. The minimum Gasteiger partial charge on any atom is -0.378 e. The van der Waals surface area contributed by atoms with Gasteiger partial charge in [-0.2, -0.15) is 0 Å². The van der Waals surface area contributed by atoms with E-state index in [2.05, 4.69) is 35.2 Å². The highest BCUT2D eigenvalue weighted by atomic mass is 16.5.